The summed E-state index contributed by atoms with van der Waals surface area (Å²) in [5, 5.41) is 0.165. The van der Waals surface area contributed by atoms with Crippen LogP contribution in [0.5, 0.6) is 0 Å². The molecule has 0 bridgehead atoms. The van der Waals surface area contributed by atoms with E-state index in [1.165, 1.54) is 11.8 Å². The van der Waals surface area contributed by atoms with Crippen LogP contribution in [-0.4, -0.2) is 16.7 Å². The SMILES string of the molecule is CC(=O)SCC(C)(C)C1CC(=O)C1. The summed E-state index contributed by atoms with van der Waals surface area (Å²) in [6.45, 7) is 5.87. The molecule has 0 amide bonds. The van der Waals surface area contributed by atoms with Gasteiger partial charge in [-0.1, -0.05) is 25.6 Å². The summed E-state index contributed by atoms with van der Waals surface area (Å²) in [5.74, 6) is 1.69. The van der Waals surface area contributed by atoms with Crippen LogP contribution in [0.25, 0.3) is 0 Å². The second-order valence-electron chi connectivity index (χ2n) is 4.41. The molecule has 13 heavy (non-hydrogen) atoms. The Morgan fingerprint density at radius 3 is 2.46 bits per heavy atom. The van der Waals surface area contributed by atoms with Crippen molar-refractivity contribution in [3.8, 4) is 0 Å². The zero-order chi connectivity index (χ0) is 10.1. The second-order valence-corrected chi connectivity index (χ2v) is 5.56. The van der Waals surface area contributed by atoms with Crippen molar-refractivity contribution in [2.45, 2.75) is 33.6 Å². The molecular weight excluding hydrogens is 184 g/mol. The lowest BCUT2D eigenvalue weighted by atomic mass is 9.68. The molecule has 0 aromatic carbocycles. The largest absolute Gasteiger partial charge is 0.300 e. The fourth-order valence-corrected chi connectivity index (χ4v) is 2.26. The molecule has 0 heterocycles. The highest BCUT2D eigenvalue weighted by Gasteiger charge is 2.38. The molecule has 1 aliphatic rings. The molecule has 1 saturated carbocycles. The summed E-state index contributed by atoms with van der Waals surface area (Å²) in [7, 11) is 0. The maximum absolute atomic E-state index is 10.8. The van der Waals surface area contributed by atoms with Crippen LogP contribution >= 0.6 is 11.8 Å². The van der Waals surface area contributed by atoms with Crippen molar-refractivity contribution >= 4 is 22.7 Å². The Labute approximate surface area is 83.5 Å². The van der Waals surface area contributed by atoms with E-state index in [2.05, 4.69) is 13.8 Å². The summed E-state index contributed by atoms with van der Waals surface area (Å²) in [5.41, 5.74) is 0.129. The molecule has 1 fully saturated rings. The van der Waals surface area contributed by atoms with E-state index in [4.69, 9.17) is 0 Å². The van der Waals surface area contributed by atoms with Crippen molar-refractivity contribution in [2.75, 3.05) is 5.75 Å². The molecule has 0 saturated heterocycles. The lowest BCUT2D eigenvalue weighted by Crippen LogP contribution is -2.37. The van der Waals surface area contributed by atoms with Crippen molar-refractivity contribution in [1.82, 2.24) is 0 Å². The number of carbonyl (C=O) groups is 2. The molecule has 1 aliphatic carbocycles. The number of thioether (sulfide) groups is 1. The molecule has 1 rings (SSSR count). The van der Waals surface area contributed by atoms with Gasteiger partial charge in [0.1, 0.15) is 5.78 Å². The number of hydrogen-bond donors (Lipinski definition) is 0. The Kier molecular flexibility index (Phi) is 3.17. The number of rotatable bonds is 3. The molecule has 0 spiro atoms. The van der Waals surface area contributed by atoms with Crippen LogP contribution in [0, 0.1) is 11.3 Å². The molecule has 0 radical (unpaired) electrons. The third-order valence-corrected chi connectivity index (χ3v) is 4.00. The molecule has 0 aromatic heterocycles. The van der Waals surface area contributed by atoms with Gasteiger partial charge in [0.25, 0.3) is 0 Å². The topological polar surface area (TPSA) is 34.1 Å². The first-order valence-corrected chi connectivity index (χ1v) is 5.55. The molecule has 0 atom stereocenters. The normalized spacial score (nSPS) is 18.5. The van der Waals surface area contributed by atoms with Gasteiger partial charge in [-0.25, -0.2) is 0 Å². The van der Waals surface area contributed by atoms with E-state index in [1.807, 2.05) is 0 Å². The Morgan fingerprint density at radius 1 is 1.54 bits per heavy atom. The molecule has 0 aromatic rings. The van der Waals surface area contributed by atoms with Crippen LogP contribution in [0.15, 0.2) is 0 Å². The van der Waals surface area contributed by atoms with Gasteiger partial charge in [-0.3, -0.25) is 9.59 Å². The van der Waals surface area contributed by atoms with E-state index in [9.17, 15) is 9.59 Å². The monoisotopic (exact) mass is 200 g/mol. The van der Waals surface area contributed by atoms with Crippen molar-refractivity contribution in [3.05, 3.63) is 0 Å². The maximum atomic E-state index is 10.8. The number of Topliss-reactive ketones (excluding diaryl/α,β-unsaturated/α-hetero) is 1. The van der Waals surface area contributed by atoms with Gasteiger partial charge in [0.15, 0.2) is 5.12 Å². The lowest BCUT2D eigenvalue weighted by Gasteiger charge is -2.38. The predicted molar refractivity (Wildman–Crippen MR) is 54.7 cm³/mol. The van der Waals surface area contributed by atoms with E-state index in [0.29, 0.717) is 24.5 Å². The quantitative estimate of drug-likeness (QED) is 0.701. The number of ketones is 1. The Balaban J connectivity index is 2.37. The molecular formula is C10H16O2S. The average molecular weight is 200 g/mol. The first kappa shape index (κ1) is 10.8. The zero-order valence-electron chi connectivity index (χ0n) is 8.42. The Hall–Kier alpha value is -0.310. The highest BCUT2D eigenvalue weighted by Crippen LogP contribution is 2.41. The maximum Gasteiger partial charge on any atom is 0.185 e. The highest BCUT2D eigenvalue weighted by atomic mass is 32.2. The number of hydrogen-bond acceptors (Lipinski definition) is 3. The zero-order valence-corrected chi connectivity index (χ0v) is 9.24. The summed E-state index contributed by atoms with van der Waals surface area (Å²) in [4.78, 5) is 21.6. The third kappa shape index (κ3) is 2.83. The van der Waals surface area contributed by atoms with Crippen LogP contribution in [0.3, 0.4) is 0 Å². The van der Waals surface area contributed by atoms with Crippen LogP contribution < -0.4 is 0 Å². The summed E-state index contributed by atoms with van der Waals surface area (Å²) < 4.78 is 0. The van der Waals surface area contributed by atoms with Gasteiger partial charge in [-0.15, -0.1) is 0 Å². The van der Waals surface area contributed by atoms with Gasteiger partial charge in [-0.2, -0.15) is 0 Å². The fraction of sp³-hybridized carbons (Fsp3) is 0.800. The van der Waals surface area contributed by atoms with Crippen molar-refractivity contribution < 1.29 is 9.59 Å². The first-order chi connectivity index (χ1) is 5.92. The predicted octanol–water partition coefficient (Wildman–Crippen LogP) is 2.27. The van der Waals surface area contributed by atoms with Gasteiger partial charge in [-0.05, 0) is 11.3 Å². The molecule has 0 unspecified atom stereocenters. The van der Waals surface area contributed by atoms with Crippen molar-refractivity contribution in [3.63, 3.8) is 0 Å². The van der Waals surface area contributed by atoms with Gasteiger partial charge < -0.3 is 0 Å². The minimum absolute atomic E-state index is 0.129. The van der Waals surface area contributed by atoms with E-state index in [-0.39, 0.29) is 10.5 Å². The van der Waals surface area contributed by atoms with Gasteiger partial charge in [0.05, 0.1) is 0 Å². The third-order valence-electron chi connectivity index (χ3n) is 2.70. The highest BCUT2D eigenvalue weighted by molar-refractivity contribution is 8.13. The molecule has 0 aliphatic heterocycles. The lowest BCUT2D eigenvalue weighted by molar-refractivity contribution is -0.129. The van der Waals surface area contributed by atoms with Crippen LogP contribution in [0.2, 0.25) is 0 Å². The molecule has 2 nitrogen and oxygen atoms in total. The van der Waals surface area contributed by atoms with Crippen LogP contribution in [-0.2, 0) is 9.59 Å². The summed E-state index contributed by atoms with van der Waals surface area (Å²) in [6, 6.07) is 0. The minimum atomic E-state index is 0.129. The Bertz CT molecular complexity index is 225. The van der Waals surface area contributed by atoms with E-state index in [1.54, 1.807) is 6.92 Å². The van der Waals surface area contributed by atoms with E-state index >= 15 is 0 Å². The molecule has 3 heteroatoms. The van der Waals surface area contributed by atoms with Crippen LogP contribution in [0.1, 0.15) is 33.6 Å². The van der Waals surface area contributed by atoms with Gasteiger partial charge >= 0.3 is 0 Å². The standard InChI is InChI=1S/C10H16O2S/c1-7(11)13-6-10(2,3)8-4-9(12)5-8/h8H,4-6H2,1-3H3. The number of carbonyl (C=O) groups excluding carboxylic acids is 2. The molecule has 74 valence electrons. The average Bonchev–Trinajstić information content (AvgIpc) is 1.95. The van der Waals surface area contributed by atoms with Gasteiger partial charge in [0.2, 0.25) is 0 Å². The second kappa shape index (κ2) is 3.82. The van der Waals surface area contributed by atoms with E-state index in [0.717, 1.165) is 5.75 Å². The van der Waals surface area contributed by atoms with E-state index < -0.39 is 0 Å². The molecule has 0 N–H and O–H groups in total. The van der Waals surface area contributed by atoms with Crippen LogP contribution in [0.4, 0.5) is 0 Å². The van der Waals surface area contributed by atoms with Crippen molar-refractivity contribution in [1.29, 1.82) is 0 Å². The summed E-state index contributed by atoms with van der Waals surface area (Å²) in [6.07, 6.45) is 1.43. The Morgan fingerprint density at radius 2 is 2.08 bits per heavy atom. The minimum Gasteiger partial charge on any atom is -0.300 e. The van der Waals surface area contributed by atoms with Crippen molar-refractivity contribution in [2.24, 2.45) is 11.3 Å². The van der Waals surface area contributed by atoms with Gasteiger partial charge in [0, 0.05) is 25.5 Å². The summed E-state index contributed by atoms with van der Waals surface area (Å²) >= 11 is 1.37. The first-order valence-electron chi connectivity index (χ1n) is 4.57. The smallest absolute Gasteiger partial charge is 0.185 e. The fourth-order valence-electron chi connectivity index (χ4n) is 1.45.